The molecule has 0 unspecified atom stereocenters. The highest BCUT2D eigenvalue weighted by Gasteiger charge is 2.21. The zero-order valence-corrected chi connectivity index (χ0v) is 21.9. The lowest BCUT2D eigenvalue weighted by molar-refractivity contribution is -0.385. The maximum Gasteiger partial charge on any atom is 0.274 e. The number of benzene rings is 3. The van der Waals surface area contributed by atoms with Crippen LogP contribution >= 0.6 is 11.8 Å². The van der Waals surface area contributed by atoms with Gasteiger partial charge in [0.1, 0.15) is 0 Å². The lowest BCUT2D eigenvalue weighted by Gasteiger charge is -2.15. The van der Waals surface area contributed by atoms with E-state index >= 15 is 0 Å². The summed E-state index contributed by atoms with van der Waals surface area (Å²) in [6.45, 7) is 1.64. The number of nitro benzene ring substituents is 1. The maximum atomic E-state index is 12.7. The SMILES string of the molecule is COc1cc(-c2nnc(SCC(=O)Nc3ccc(C)c([N+](=O)[O-])c3)n2-c2ccccc2)cc(OC)c1OC. The highest BCUT2D eigenvalue weighted by molar-refractivity contribution is 7.99. The van der Waals surface area contributed by atoms with Crippen LogP contribution in [0.1, 0.15) is 5.56 Å². The van der Waals surface area contributed by atoms with Crippen molar-refractivity contribution in [3.63, 3.8) is 0 Å². The number of amides is 1. The molecule has 1 amide bonds. The molecule has 3 aromatic carbocycles. The molecule has 0 radical (unpaired) electrons. The molecule has 0 atom stereocenters. The normalized spacial score (nSPS) is 10.6. The Morgan fingerprint density at radius 2 is 1.68 bits per heavy atom. The highest BCUT2D eigenvalue weighted by Crippen LogP contribution is 2.41. The van der Waals surface area contributed by atoms with Gasteiger partial charge in [0, 0.05) is 28.6 Å². The van der Waals surface area contributed by atoms with E-state index in [1.54, 1.807) is 31.2 Å². The largest absolute Gasteiger partial charge is 0.493 e. The molecule has 0 saturated carbocycles. The van der Waals surface area contributed by atoms with Crippen molar-refractivity contribution in [2.45, 2.75) is 12.1 Å². The number of hydrogen-bond donors (Lipinski definition) is 1. The molecule has 1 aromatic heterocycles. The van der Waals surface area contributed by atoms with Gasteiger partial charge in [0.15, 0.2) is 22.5 Å². The fourth-order valence-electron chi connectivity index (χ4n) is 3.78. The molecular formula is C26H25N5O6S. The number of carbonyl (C=O) groups is 1. The van der Waals surface area contributed by atoms with Gasteiger partial charge in [0.2, 0.25) is 11.7 Å². The molecular weight excluding hydrogens is 510 g/mol. The number of nitro groups is 1. The molecule has 0 aliphatic carbocycles. The van der Waals surface area contributed by atoms with E-state index < -0.39 is 4.92 Å². The Bertz CT molecular complexity index is 1450. The number of ether oxygens (including phenoxy) is 3. The van der Waals surface area contributed by atoms with E-state index in [4.69, 9.17) is 14.2 Å². The summed E-state index contributed by atoms with van der Waals surface area (Å²) in [6.07, 6.45) is 0. The van der Waals surface area contributed by atoms with E-state index in [2.05, 4.69) is 15.5 Å². The second kappa shape index (κ2) is 11.6. The van der Waals surface area contributed by atoms with Crippen LogP contribution in [-0.2, 0) is 4.79 Å². The molecule has 0 aliphatic heterocycles. The zero-order chi connectivity index (χ0) is 27.2. The summed E-state index contributed by atoms with van der Waals surface area (Å²) in [5, 5.41) is 23.2. The Morgan fingerprint density at radius 3 is 2.29 bits per heavy atom. The molecule has 0 spiro atoms. The number of carbonyl (C=O) groups excluding carboxylic acids is 1. The van der Waals surface area contributed by atoms with E-state index in [1.807, 2.05) is 34.9 Å². The highest BCUT2D eigenvalue weighted by atomic mass is 32.2. The lowest BCUT2D eigenvalue weighted by Crippen LogP contribution is -2.15. The van der Waals surface area contributed by atoms with Crippen molar-refractivity contribution in [3.05, 3.63) is 76.3 Å². The summed E-state index contributed by atoms with van der Waals surface area (Å²) in [7, 11) is 4.60. The predicted molar refractivity (Wildman–Crippen MR) is 144 cm³/mol. The van der Waals surface area contributed by atoms with Crippen LogP contribution in [0.15, 0.2) is 65.8 Å². The first-order valence-electron chi connectivity index (χ1n) is 11.3. The molecule has 4 aromatic rings. The van der Waals surface area contributed by atoms with Gasteiger partial charge in [-0.2, -0.15) is 0 Å². The summed E-state index contributed by atoms with van der Waals surface area (Å²) in [6, 6.07) is 17.6. The van der Waals surface area contributed by atoms with E-state index in [1.165, 1.54) is 39.2 Å². The van der Waals surface area contributed by atoms with Crippen LogP contribution in [0.3, 0.4) is 0 Å². The summed E-state index contributed by atoms with van der Waals surface area (Å²) in [5.41, 5.74) is 2.25. The molecule has 11 nitrogen and oxygen atoms in total. The van der Waals surface area contributed by atoms with Crippen molar-refractivity contribution in [3.8, 4) is 34.3 Å². The number of aromatic nitrogens is 3. The Hall–Kier alpha value is -4.58. The number of nitrogens with zero attached hydrogens (tertiary/aromatic N) is 4. The number of hydrogen-bond acceptors (Lipinski definition) is 9. The topological polar surface area (TPSA) is 131 Å². The van der Waals surface area contributed by atoms with Gasteiger partial charge in [-0.25, -0.2) is 0 Å². The van der Waals surface area contributed by atoms with Crippen LogP contribution in [-0.4, -0.2) is 52.7 Å². The van der Waals surface area contributed by atoms with E-state index in [-0.39, 0.29) is 17.3 Å². The van der Waals surface area contributed by atoms with Crippen molar-refractivity contribution in [1.82, 2.24) is 14.8 Å². The Labute approximate surface area is 222 Å². The smallest absolute Gasteiger partial charge is 0.274 e. The van der Waals surface area contributed by atoms with Gasteiger partial charge in [-0.3, -0.25) is 19.5 Å². The molecule has 1 N–H and O–H groups in total. The van der Waals surface area contributed by atoms with E-state index in [0.717, 1.165) is 5.69 Å². The summed E-state index contributed by atoms with van der Waals surface area (Å²) >= 11 is 1.18. The Morgan fingerprint density at radius 1 is 1.00 bits per heavy atom. The molecule has 0 aliphatic rings. The fourth-order valence-corrected chi connectivity index (χ4v) is 4.53. The Kier molecular flexibility index (Phi) is 8.12. The average molecular weight is 536 g/mol. The number of thioether (sulfide) groups is 1. The molecule has 0 fully saturated rings. The minimum atomic E-state index is -0.479. The predicted octanol–water partition coefficient (Wildman–Crippen LogP) is 4.91. The summed E-state index contributed by atoms with van der Waals surface area (Å²) in [4.78, 5) is 23.5. The maximum absolute atomic E-state index is 12.7. The Balaban J connectivity index is 1.65. The minimum absolute atomic E-state index is 0.00188. The van der Waals surface area contributed by atoms with Gasteiger partial charge < -0.3 is 19.5 Å². The molecule has 38 heavy (non-hydrogen) atoms. The first-order valence-corrected chi connectivity index (χ1v) is 12.3. The van der Waals surface area contributed by atoms with Crippen molar-refractivity contribution < 1.29 is 23.9 Å². The van der Waals surface area contributed by atoms with Gasteiger partial charge >= 0.3 is 0 Å². The van der Waals surface area contributed by atoms with Crippen LogP contribution in [0.25, 0.3) is 17.1 Å². The van der Waals surface area contributed by atoms with Crippen LogP contribution in [0.2, 0.25) is 0 Å². The van der Waals surface area contributed by atoms with Crippen LogP contribution < -0.4 is 19.5 Å². The fraction of sp³-hybridized carbons (Fsp3) is 0.192. The van der Waals surface area contributed by atoms with E-state index in [9.17, 15) is 14.9 Å². The average Bonchev–Trinajstić information content (AvgIpc) is 3.36. The quantitative estimate of drug-likeness (QED) is 0.171. The third kappa shape index (κ3) is 5.54. The van der Waals surface area contributed by atoms with Gasteiger partial charge in [-0.15, -0.1) is 10.2 Å². The van der Waals surface area contributed by atoms with Crippen LogP contribution in [0.5, 0.6) is 17.2 Å². The standard InChI is InChI=1S/C26H25N5O6S/c1-16-10-11-18(14-20(16)31(33)34)27-23(32)15-38-26-29-28-25(30(26)19-8-6-5-7-9-19)17-12-21(35-2)24(37-4)22(13-17)36-3/h5-14H,15H2,1-4H3,(H,27,32). The number of methoxy groups -OCH3 is 3. The number of nitrogens with one attached hydrogen (secondary N) is 1. The van der Waals surface area contributed by atoms with Crippen LogP contribution in [0, 0.1) is 17.0 Å². The second-order valence-corrected chi connectivity index (χ2v) is 8.93. The summed E-state index contributed by atoms with van der Waals surface area (Å²) in [5.74, 6) is 1.54. The van der Waals surface area contributed by atoms with Gasteiger partial charge in [0.05, 0.1) is 32.0 Å². The van der Waals surface area contributed by atoms with Crippen molar-refractivity contribution >= 4 is 29.0 Å². The first kappa shape index (κ1) is 26.5. The molecule has 196 valence electrons. The third-order valence-corrected chi connectivity index (χ3v) is 6.52. The first-order chi connectivity index (χ1) is 18.4. The van der Waals surface area contributed by atoms with Crippen LogP contribution in [0.4, 0.5) is 11.4 Å². The third-order valence-electron chi connectivity index (χ3n) is 5.59. The summed E-state index contributed by atoms with van der Waals surface area (Å²) < 4.78 is 18.3. The number of rotatable bonds is 10. The monoisotopic (exact) mass is 535 g/mol. The van der Waals surface area contributed by atoms with Crippen molar-refractivity contribution in [2.24, 2.45) is 0 Å². The molecule has 0 bridgehead atoms. The van der Waals surface area contributed by atoms with Gasteiger partial charge in [-0.1, -0.05) is 36.0 Å². The lowest BCUT2D eigenvalue weighted by atomic mass is 10.1. The molecule has 1 heterocycles. The van der Waals surface area contributed by atoms with E-state index in [0.29, 0.717) is 45.0 Å². The molecule has 0 saturated heterocycles. The number of anilines is 1. The molecule has 12 heteroatoms. The second-order valence-electron chi connectivity index (χ2n) is 7.99. The zero-order valence-electron chi connectivity index (χ0n) is 21.1. The number of aryl methyl sites for hydroxylation is 1. The molecule has 4 rings (SSSR count). The van der Waals surface area contributed by atoms with Crippen molar-refractivity contribution in [2.75, 3.05) is 32.4 Å². The van der Waals surface area contributed by atoms with Crippen molar-refractivity contribution in [1.29, 1.82) is 0 Å². The van der Waals surface area contributed by atoms with Gasteiger partial charge in [0.25, 0.3) is 5.69 Å². The van der Waals surface area contributed by atoms with Gasteiger partial charge in [-0.05, 0) is 37.3 Å². The minimum Gasteiger partial charge on any atom is -0.493 e. The number of para-hydroxylation sites is 1.